The summed E-state index contributed by atoms with van der Waals surface area (Å²) in [5, 5.41) is 10.2. The maximum atomic E-state index is 13.1. The summed E-state index contributed by atoms with van der Waals surface area (Å²) in [5.41, 5.74) is 6.24. The van der Waals surface area contributed by atoms with Crippen molar-refractivity contribution in [2.24, 2.45) is 0 Å². The molecule has 0 atom stereocenters. The molecule has 0 fully saturated rings. The lowest BCUT2D eigenvalue weighted by molar-refractivity contribution is -0.116. The summed E-state index contributed by atoms with van der Waals surface area (Å²) in [7, 11) is 0. The molecule has 2 heterocycles. The topological polar surface area (TPSA) is 51.0 Å². The lowest BCUT2D eigenvalue weighted by Gasteiger charge is -2.18. The molecule has 0 spiro atoms. The normalized spacial score (nSPS) is 12.8. The van der Waals surface area contributed by atoms with Crippen molar-refractivity contribution in [3.8, 4) is 17.1 Å². The van der Waals surface area contributed by atoms with Gasteiger partial charge in [0.25, 0.3) is 0 Å². The molecule has 4 aromatic rings. The summed E-state index contributed by atoms with van der Waals surface area (Å²) < 4.78 is 2.01. The molecule has 1 aliphatic heterocycles. The van der Waals surface area contributed by atoms with E-state index in [4.69, 9.17) is 11.6 Å². The Morgan fingerprint density at radius 3 is 2.64 bits per heavy atom. The predicted octanol–water partition coefficient (Wildman–Crippen LogP) is 5.89. The van der Waals surface area contributed by atoms with Crippen molar-refractivity contribution >= 4 is 35.0 Å². The summed E-state index contributed by atoms with van der Waals surface area (Å²) >= 11 is 7.91. The van der Waals surface area contributed by atoms with Crippen LogP contribution in [-0.2, 0) is 11.2 Å². The second kappa shape index (κ2) is 9.04. The fourth-order valence-corrected chi connectivity index (χ4v) is 5.20. The average Bonchev–Trinajstić information content (AvgIpc) is 3.44. The van der Waals surface area contributed by atoms with Crippen molar-refractivity contribution in [3.63, 3.8) is 0 Å². The van der Waals surface area contributed by atoms with Gasteiger partial charge in [0.05, 0.1) is 16.5 Å². The molecule has 33 heavy (non-hydrogen) atoms. The van der Waals surface area contributed by atoms with E-state index in [9.17, 15) is 4.79 Å². The molecular weight excluding hydrogens is 452 g/mol. The first-order valence-corrected chi connectivity index (χ1v) is 12.2. The van der Waals surface area contributed by atoms with Gasteiger partial charge in [-0.05, 0) is 61.2 Å². The van der Waals surface area contributed by atoms with Gasteiger partial charge in [-0.15, -0.1) is 10.2 Å². The van der Waals surface area contributed by atoms with Crippen LogP contribution in [0.2, 0.25) is 5.02 Å². The van der Waals surface area contributed by atoms with E-state index in [1.807, 2.05) is 51.9 Å². The van der Waals surface area contributed by atoms with Gasteiger partial charge in [-0.25, -0.2) is 0 Å². The molecule has 0 radical (unpaired) electrons. The van der Waals surface area contributed by atoms with Gasteiger partial charge in [0, 0.05) is 17.8 Å². The van der Waals surface area contributed by atoms with E-state index in [1.165, 1.54) is 17.3 Å². The quantitative estimate of drug-likeness (QED) is 0.338. The molecule has 0 unspecified atom stereocenters. The predicted molar refractivity (Wildman–Crippen MR) is 135 cm³/mol. The van der Waals surface area contributed by atoms with Crippen molar-refractivity contribution in [1.82, 2.24) is 14.8 Å². The third-order valence-electron chi connectivity index (χ3n) is 5.87. The fourth-order valence-electron chi connectivity index (χ4n) is 4.16. The molecule has 1 aromatic heterocycles. The number of nitrogens with zero attached hydrogens (tertiary/aromatic N) is 4. The molecule has 0 N–H and O–H groups in total. The first kappa shape index (κ1) is 21.7. The first-order chi connectivity index (χ1) is 16.0. The van der Waals surface area contributed by atoms with E-state index in [0.29, 0.717) is 22.5 Å². The van der Waals surface area contributed by atoms with E-state index in [0.717, 1.165) is 34.5 Å². The van der Waals surface area contributed by atoms with Crippen LogP contribution in [-0.4, -0.2) is 33.0 Å². The Morgan fingerprint density at radius 2 is 1.79 bits per heavy atom. The van der Waals surface area contributed by atoms with E-state index < -0.39 is 0 Å². The van der Waals surface area contributed by atoms with Gasteiger partial charge in [-0.1, -0.05) is 65.8 Å². The summed E-state index contributed by atoms with van der Waals surface area (Å²) in [6.45, 7) is 4.84. The Bertz CT molecular complexity index is 1350. The van der Waals surface area contributed by atoms with Crippen molar-refractivity contribution in [2.45, 2.75) is 25.4 Å². The number of halogens is 1. The van der Waals surface area contributed by atoms with Crippen LogP contribution in [0.5, 0.6) is 0 Å². The Hall–Kier alpha value is -3.09. The van der Waals surface area contributed by atoms with Crippen LogP contribution in [0.25, 0.3) is 17.1 Å². The maximum Gasteiger partial charge on any atom is 0.237 e. The molecule has 3 aromatic carbocycles. The third-order valence-corrected chi connectivity index (χ3v) is 7.11. The van der Waals surface area contributed by atoms with Gasteiger partial charge in [-0.3, -0.25) is 9.36 Å². The largest absolute Gasteiger partial charge is 0.311 e. The monoisotopic (exact) mass is 474 g/mol. The van der Waals surface area contributed by atoms with E-state index in [-0.39, 0.29) is 11.7 Å². The number of carbonyl (C=O) groups is 1. The SMILES string of the molecule is Cc1ccc(C)c(-n2c(SCC(=O)N3CCc4ccccc43)nnc2-c2ccccc2Cl)c1. The summed E-state index contributed by atoms with van der Waals surface area (Å²) in [4.78, 5) is 15.0. The zero-order chi connectivity index (χ0) is 22.9. The lowest BCUT2D eigenvalue weighted by atomic mass is 10.1. The number of aryl methyl sites for hydroxylation is 2. The highest BCUT2D eigenvalue weighted by atomic mass is 35.5. The number of hydrogen-bond acceptors (Lipinski definition) is 4. The number of thioether (sulfide) groups is 1. The van der Waals surface area contributed by atoms with Crippen molar-refractivity contribution in [2.75, 3.05) is 17.2 Å². The van der Waals surface area contributed by atoms with Crippen LogP contribution in [0.15, 0.2) is 71.9 Å². The van der Waals surface area contributed by atoms with Gasteiger partial charge in [0.2, 0.25) is 5.91 Å². The summed E-state index contributed by atoms with van der Waals surface area (Å²) in [6.07, 6.45) is 0.891. The van der Waals surface area contributed by atoms with Gasteiger partial charge >= 0.3 is 0 Å². The van der Waals surface area contributed by atoms with E-state index in [2.05, 4.69) is 48.3 Å². The van der Waals surface area contributed by atoms with Crippen molar-refractivity contribution in [1.29, 1.82) is 0 Å². The second-order valence-corrected chi connectivity index (χ2v) is 9.47. The number of hydrogen-bond donors (Lipinski definition) is 0. The third kappa shape index (κ3) is 4.16. The standard InChI is InChI=1S/C26H23ClN4OS/c1-17-11-12-18(2)23(15-17)31-25(20-8-4-5-9-21(20)27)28-29-26(31)33-16-24(32)30-14-13-19-7-3-6-10-22(19)30/h3-12,15H,13-14,16H2,1-2H3. The summed E-state index contributed by atoms with van der Waals surface area (Å²) in [6, 6.07) is 22.0. The number of amides is 1. The maximum absolute atomic E-state index is 13.1. The Labute approximate surface area is 202 Å². The highest BCUT2D eigenvalue weighted by Gasteiger charge is 2.26. The first-order valence-electron chi connectivity index (χ1n) is 10.8. The Balaban J connectivity index is 1.50. The number of aromatic nitrogens is 3. The number of para-hydroxylation sites is 1. The van der Waals surface area contributed by atoms with E-state index in [1.54, 1.807) is 0 Å². The number of benzene rings is 3. The van der Waals surface area contributed by atoms with Crippen LogP contribution < -0.4 is 4.90 Å². The van der Waals surface area contributed by atoms with Gasteiger partial charge in [0.15, 0.2) is 11.0 Å². The molecular formula is C26H23ClN4OS. The van der Waals surface area contributed by atoms with Gasteiger partial charge in [0.1, 0.15) is 0 Å². The molecule has 0 bridgehead atoms. The number of anilines is 1. The number of rotatable bonds is 5. The summed E-state index contributed by atoms with van der Waals surface area (Å²) in [5.74, 6) is 1.01. The number of fused-ring (bicyclic) bond motifs is 1. The highest BCUT2D eigenvalue weighted by Crippen LogP contribution is 2.34. The molecule has 1 amide bonds. The smallest absolute Gasteiger partial charge is 0.237 e. The zero-order valence-corrected chi connectivity index (χ0v) is 20.0. The highest BCUT2D eigenvalue weighted by molar-refractivity contribution is 7.99. The van der Waals surface area contributed by atoms with Crippen LogP contribution in [0.3, 0.4) is 0 Å². The Morgan fingerprint density at radius 1 is 1.00 bits per heavy atom. The number of carbonyl (C=O) groups excluding carboxylic acids is 1. The molecule has 0 aliphatic carbocycles. The average molecular weight is 475 g/mol. The minimum Gasteiger partial charge on any atom is -0.311 e. The molecule has 5 rings (SSSR count). The van der Waals surface area contributed by atoms with Crippen molar-refractivity contribution in [3.05, 3.63) is 88.4 Å². The van der Waals surface area contributed by atoms with Crippen LogP contribution in [0, 0.1) is 13.8 Å². The zero-order valence-electron chi connectivity index (χ0n) is 18.5. The molecule has 166 valence electrons. The molecule has 1 aliphatic rings. The van der Waals surface area contributed by atoms with Gasteiger partial charge < -0.3 is 4.90 Å². The van der Waals surface area contributed by atoms with Crippen LogP contribution in [0.4, 0.5) is 5.69 Å². The van der Waals surface area contributed by atoms with Gasteiger partial charge in [-0.2, -0.15) is 0 Å². The molecule has 7 heteroatoms. The minimum absolute atomic E-state index is 0.0692. The van der Waals surface area contributed by atoms with Crippen LogP contribution in [0.1, 0.15) is 16.7 Å². The lowest BCUT2D eigenvalue weighted by Crippen LogP contribution is -2.30. The molecule has 5 nitrogen and oxygen atoms in total. The van der Waals surface area contributed by atoms with E-state index >= 15 is 0 Å². The van der Waals surface area contributed by atoms with Crippen molar-refractivity contribution < 1.29 is 4.79 Å². The molecule has 0 saturated heterocycles. The minimum atomic E-state index is 0.0692. The van der Waals surface area contributed by atoms with Crippen LogP contribution >= 0.6 is 23.4 Å². The molecule has 0 saturated carbocycles. The second-order valence-electron chi connectivity index (χ2n) is 8.12. The fraction of sp³-hybridized carbons (Fsp3) is 0.192. The Kier molecular flexibility index (Phi) is 5.96.